The normalized spacial score (nSPS) is 18.4. The van der Waals surface area contributed by atoms with Gasteiger partial charge in [-0.25, -0.2) is 14.6 Å². The van der Waals surface area contributed by atoms with Gasteiger partial charge in [0, 0.05) is 12.5 Å². The van der Waals surface area contributed by atoms with Crippen LogP contribution in [0.25, 0.3) is 11.0 Å². The van der Waals surface area contributed by atoms with Gasteiger partial charge in [0.25, 0.3) is 0 Å². The van der Waals surface area contributed by atoms with Crippen molar-refractivity contribution in [3.05, 3.63) is 35.8 Å². The summed E-state index contributed by atoms with van der Waals surface area (Å²) in [5, 5.41) is 5.83. The second kappa shape index (κ2) is 6.02. The lowest BCUT2D eigenvalue weighted by atomic mass is 9.93. The zero-order chi connectivity index (χ0) is 17.5. The summed E-state index contributed by atoms with van der Waals surface area (Å²) in [7, 11) is 4.13. The molecule has 6 nitrogen and oxygen atoms in total. The number of nitrogens with zero attached hydrogens (tertiary/aromatic N) is 5. The fraction of sp³-hybridized carbons (Fsp3) is 0.500. The fourth-order valence-corrected chi connectivity index (χ4v) is 3.45. The fourth-order valence-electron chi connectivity index (χ4n) is 3.45. The van der Waals surface area contributed by atoms with Crippen LogP contribution >= 0.6 is 0 Å². The molecule has 0 saturated carbocycles. The Kier molecular flexibility index (Phi) is 4.17. The molecule has 0 radical (unpaired) electrons. The molecule has 2 aromatic heterocycles. The summed E-state index contributed by atoms with van der Waals surface area (Å²) in [6.07, 6.45) is 9.03. The predicted molar refractivity (Wildman–Crippen MR) is 97.9 cm³/mol. The Hall–Kier alpha value is -2.21. The number of aromatic nitrogens is 4. The zero-order valence-corrected chi connectivity index (χ0v) is 15.1. The number of hydrogen-bond acceptors (Lipinski definition) is 5. The van der Waals surface area contributed by atoms with Crippen molar-refractivity contribution in [2.24, 2.45) is 0 Å². The standard InChI is InChI=1S/C18H26N6/c1-12-6-8-13(9-7-12)15-14-16(19)20-11-21-17(14)24(22-15)18(2,3)10-23(4)5/h6-8,11,13H,9-10H2,1-5H3,(H2,19,20,21). The van der Waals surface area contributed by atoms with Gasteiger partial charge in [0.15, 0.2) is 5.65 Å². The molecule has 1 aliphatic rings. The monoisotopic (exact) mass is 326 g/mol. The summed E-state index contributed by atoms with van der Waals surface area (Å²) >= 11 is 0. The molecule has 24 heavy (non-hydrogen) atoms. The molecular weight excluding hydrogens is 300 g/mol. The highest BCUT2D eigenvalue weighted by atomic mass is 15.4. The summed E-state index contributed by atoms with van der Waals surface area (Å²) in [6.45, 7) is 7.30. The van der Waals surface area contributed by atoms with E-state index in [1.165, 1.54) is 11.9 Å². The highest BCUT2D eigenvalue weighted by Crippen LogP contribution is 2.35. The molecular formula is C18H26N6. The van der Waals surface area contributed by atoms with Crippen LogP contribution in [0.1, 0.15) is 38.8 Å². The van der Waals surface area contributed by atoms with Gasteiger partial charge in [-0.2, -0.15) is 5.10 Å². The van der Waals surface area contributed by atoms with Crippen LogP contribution < -0.4 is 5.73 Å². The molecule has 0 bridgehead atoms. The minimum atomic E-state index is -0.203. The largest absolute Gasteiger partial charge is 0.383 e. The molecule has 0 saturated heterocycles. The maximum atomic E-state index is 6.19. The SMILES string of the molecule is CC1=CCC(c2nn(C(C)(C)CN(C)C)c3ncnc(N)c23)C=C1. The molecule has 2 heterocycles. The van der Waals surface area contributed by atoms with Gasteiger partial charge in [-0.1, -0.05) is 23.8 Å². The molecule has 3 rings (SSSR count). The molecule has 1 atom stereocenters. The first-order valence-corrected chi connectivity index (χ1v) is 8.29. The van der Waals surface area contributed by atoms with Crippen molar-refractivity contribution in [1.29, 1.82) is 0 Å². The first-order chi connectivity index (χ1) is 11.3. The lowest BCUT2D eigenvalue weighted by Gasteiger charge is -2.29. The average molecular weight is 326 g/mol. The summed E-state index contributed by atoms with van der Waals surface area (Å²) in [5.74, 6) is 0.711. The van der Waals surface area contributed by atoms with E-state index < -0.39 is 0 Å². The van der Waals surface area contributed by atoms with Gasteiger partial charge in [0.2, 0.25) is 0 Å². The van der Waals surface area contributed by atoms with Crippen LogP contribution in [0.15, 0.2) is 30.1 Å². The maximum absolute atomic E-state index is 6.19. The second-order valence-electron chi connectivity index (χ2n) is 7.45. The van der Waals surface area contributed by atoms with E-state index in [-0.39, 0.29) is 11.5 Å². The van der Waals surface area contributed by atoms with Crippen LogP contribution in [0.3, 0.4) is 0 Å². The van der Waals surface area contributed by atoms with Crippen molar-refractivity contribution in [2.75, 3.05) is 26.4 Å². The summed E-state index contributed by atoms with van der Waals surface area (Å²) < 4.78 is 2.01. The quantitative estimate of drug-likeness (QED) is 0.935. The van der Waals surface area contributed by atoms with E-state index in [2.05, 4.69) is 68.0 Å². The Labute approximate surface area is 143 Å². The maximum Gasteiger partial charge on any atom is 0.164 e. The number of fused-ring (bicyclic) bond motifs is 1. The molecule has 0 spiro atoms. The Bertz CT molecular complexity index is 812. The molecule has 0 amide bonds. The number of anilines is 1. The topological polar surface area (TPSA) is 72.9 Å². The van der Waals surface area contributed by atoms with E-state index in [0.29, 0.717) is 5.82 Å². The average Bonchev–Trinajstić information content (AvgIpc) is 2.88. The molecule has 0 fully saturated rings. The first-order valence-electron chi connectivity index (χ1n) is 8.29. The second-order valence-corrected chi connectivity index (χ2v) is 7.45. The van der Waals surface area contributed by atoms with E-state index in [1.54, 1.807) is 0 Å². The zero-order valence-electron chi connectivity index (χ0n) is 15.1. The minimum Gasteiger partial charge on any atom is -0.383 e. The van der Waals surface area contributed by atoms with E-state index in [9.17, 15) is 0 Å². The smallest absolute Gasteiger partial charge is 0.164 e. The Balaban J connectivity index is 2.16. The molecule has 2 N–H and O–H groups in total. The number of hydrogen-bond donors (Lipinski definition) is 1. The summed E-state index contributed by atoms with van der Waals surface area (Å²) in [6, 6.07) is 0. The lowest BCUT2D eigenvalue weighted by molar-refractivity contribution is 0.227. The van der Waals surface area contributed by atoms with Crippen LogP contribution in [-0.2, 0) is 5.54 Å². The van der Waals surface area contributed by atoms with Gasteiger partial charge in [0.1, 0.15) is 12.1 Å². The molecule has 1 unspecified atom stereocenters. The van der Waals surface area contributed by atoms with Crippen LogP contribution in [0.5, 0.6) is 0 Å². The van der Waals surface area contributed by atoms with E-state index in [0.717, 1.165) is 29.7 Å². The molecule has 128 valence electrons. The molecule has 2 aromatic rings. The highest BCUT2D eigenvalue weighted by molar-refractivity contribution is 5.89. The summed E-state index contributed by atoms with van der Waals surface area (Å²) in [4.78, 5) is 10.9. The third-order valence-corrected chi connectivity index (χ3v) is 4.43. The third-order valence-electron chi connectivity index (χ3n) is 4.43. The number of allylic oxidation sites excluding steroid dienone is 4. The number of nitrogen functional groups attached to an aromatic ring is 1. The van der Waals surface area contributed by atoms with Gasteiger partial charge in [-0.05, 0) is 41.3 Å². The first kappa shape index (κ1) is 16.6. The Morgan fingerprint density at radius 3 is 2.71 bits per heavy atom. The van der Waals surface area contributed by atoms with Gasteiger partial charge in [-0.3, -0.25) is 0 Å². The van der Waals surface area contributed by atoms with E-state index in [1.807, 2.05) is 4.68 Å². The Morgan fingerprint density at radius 1 is 1.33 bits per heavy atom. The minimum absolute atomic E-state index is 0.203. The number of likely N-dealkylation sites (N-methyl/N-ethyl adjacent to an activating group) is 1. The van der Waals surface area contributed by atoms with Crippen molar-refractivity contribution in [2.45, 2.75) is 38.6 Å². The van der Waals surface area contributed by atoms with Crippen molar-refractivity contribution in [1.82, 2.24) is 24.6 Å². The van der Waals surface area contributed by atoms with Crippen molar-refractivity contribution < 1.29 is 0 Å². The lowest BCUT2D eigenvalue weighted by Crippen LogP contribution is -2.38. The summed E-state index contributed by atoms with van der Waals surface area (Å²) in [5.41, 5.74) is 9.05. The highest BCUT2D eigenvalue weighted by Gasteiger charge is 2.29. The van der Waals surface area contributed by atoms with Gasteiger partial charge >= 0.3 is 0 Å². The van der Waals surface area contributed by atoms with E-state index >= 15 is 0 Å². The van der Waals surface area contributed by atoms with Crippen molar-refractivity contribution in [3.8, 4) is 0 Å². The number of nitrogens with two attached hydrogens (primary N) is 1. The van der Waals surface area contributed by atoms with Crippen molar-refractivity contribution >= 4 is 16.9 Å². The van der Waals surface area contributed by atoms with Crippen LogP contribution in [-0.4, -0.2) is 45.3 Å². The third kappa shape index (κ3) is 2.94. The molecule has 0 aliphatic heterocycles. The van der Waals surface area contributed by atoms with Crippen LogP contribution in [0, 0.1) is 0 Å². The van der Waals surface area contributed by atoms with Crippen molar-refractivity contribution in [3.63, 3.8) is 0 Å². The van der Waals surface area contributed by atoms with Gasteiger partial charge in [0.05, 0.1) is 16.6 Å². The molecule has 6 heteroatoms. The van der Waals surface area contributed by atoms with Crippen LogP contribution in [0.2, 0.25) is 0 Å². The predicted octanol–water partition coefficient (Wildman–Crippen LogP) is 2.70. The van der Waals surface area contributed by atoms with Gasteiger partial charge in [-0.15, -0.1) is 0 Å². The Morgan fingerprint density at radius 2 is 2.08 bits per heavy atom. The van der Waals surface area contributed by atoms with E-state index in [4.69, 9.17) is 10.8 Å². The number of rotatable bonds is 4. The molecule has 0 aromatic carbocycles. The molecule has 1 aliphatic carbocycles. The van der Waals surface area contributed by atoms with Crippen LogP contribution in [0.4, 0.5) is 5.82 Å². The van der Waals surface area contributed by atoms with Gasteiger partial charge < -0.3 is 10.6 Å².